The minimum atomic E-state index is 0.119. The molecule has 2 aliphatic heterocycles. The van der Waals surface area contributed by atoms with Crippen molar-refractivity contribution in [3.63, 3.8) is 0 Å². The zero-order valence-electron chi connectivity index (χ0n) is 15.4. The van der Waals surface area contributed by atoms with Crippen molar-refractivity contribution in [2.75, 3.05) is 59.5 Å². The van der Waals surface area contributed by atoms with Gasteiger partial charge < -0.3 is 19.4 Å². The van der Waals surface area contributed by atoms with E-state index in [0.29, 0.717) is 19.1 Å². The highest BCUT2D eigenvalue weighted by atomic mass is 16.5. The fourth-order valence-electron chi connectivity index (χ4n) is 2.54. The van der Waals surface area contributed by atoms with Crippen LogP contribution in [0, 0.1) is 11.8 Å². The fourth-order valence-corrected chi connectivity index (χ4v) is 2.54. The predicted octanol–water partition coefficient (Wildman–Crippen LogP) is 0.918. The summed E-state index contributed by atoms with van der Waals surface area (Å²) < 4.78 is 5.14. The van der Waals surface area contributed by atoms with E-state index in [4.69, 9.17) is 4.74 Å². The molecule has 0 aromatic heterocycles. The van der Waals surface area contributed by atoms with Crippen LogP contribution in [0.4, 0.5) is 0 Å². The van der Waals surface area contributed by atoms with Gasteiger partial charge in [0.25, 0.3) is 0 Å². The second-order valence-corrected chi connectivity index (χ2v) is 6.88. The lowest BCUT2D eigenvalue weighted by Gasteiger charge is -2.33. The normalized spacial score (nSPS) is 19.6. The van der Waals surface area contributed by atoms with Crippen molar-refractivity contribution in [2.45, 2.75) is 27.7 Å². The highest BCUT2D eigenvalue weighted by molar-refractivity contribution is 5.78. The van der Waals surface area contributed by atoms with Gasteiger partial charge in [-0.05, 0) is 7.05 Å². The van der Waals surface area contributed by atoms with E-state index in [-0.39, 0.29) is 17.7 Å². The number of morpholine rings is 1. The van der Waals surface area contributed by atoms with Gasteiger partial charge in [0, 0.05) is 51.1 Å². The Morgan fingerprint density at radius 3 is 1.52 bits per heavy atom. The fraction of sp³-hybridized carbons (Fsp3) is 0.882. The molecule has 2 fully saturated rings. The highest BCUT2D eigenvalue weighted by Gasteiger charge is 2.20. The summed E-state index contributed by atoms with van der Waals surface area (Å²) in [6.07, 6.45) is 0. The van der Waals surface area contributed by atoms with Crippen LogP contribution < -0.4 is 0 Å². The summed E-state index contributed by atoms with van der Waals surface area (Å²) in [4.78, 5) is 29.0. The zero-order chi connectivity index (χ0) is 17.4. The number of amides is 2. The third kappa shape index (κ3) is 6.87. The molecule has 0 aromatic rings. The number of hydrogen-bond acceptors (Lipinski definition) is 4. The smallest absolute Gasteiger partial charge is 0.225 e. The first-order chi connectivity index (χ1) is 10.8. The predicted molar refractivity (Wildman–Crippen MR) is 91.2 cm³/mol. The van der Waals surface area contributed by atoms with E-state index in [2.05, 4.69) is 11.9 Å². The minimum Gasteiger partial charge on any atom is -0.378 e. The second kappa shape index (κ2) is 9.88. The molecule has 134 valence electrons. The molecule has 2 amide bonds. The van der Waals surface area contributed by atoms with Crippen LogP contribution in [0.1, 0.15) is 27.7 Å². The first-order valence-electron chi connectivity index (χ1n) is 8.66. The lowest BCUT2D eigenvalue weighted by Crippen LogP contribution is -2.48. The molecule has 2 aliphatic rings. The van der Waals surface area contributed by atoms with Crippen molar-refractivity contribution in [1.82, 2.24) is 14.7 Å². The monoisotopic (exact) mass is 327 g/mol. The minimum absolute atomic E-state index is 0.119. The summed E-state index contributed by atoms with van der Waals surface area (Å²) >= 11 is 0. The van der Waals surface area contributed by atoms with E-state index < -0.39 is 0 Å². The van der Waals surface area contributed by atoms with Gasteiger partial charge in [0.15, 0.2) is 0 Å². The highest BCUT2D eigenvalue weighted by Crippen LogP contribution is 2.05. The summed E-state index contributed by atoms with van der Waals surface area (Å²) in [5.41, 5.74) is 0. The van der Waals surface area contributed by atoms with E-state index in [9.17, 15) is 9.59 Å². The van der Waals surface area contributed by atoms with E-state index in [1.807, 2.05) is 37.5 Å². The van der Waals surface area contributed by atoms with Gasteiger partial charge in [-0.3, -0.25) is 9.59 Å². The molecule has 6 heteroatoms. The molecular formula is C17H33N3O3. The van der Waals surface area contributed by atoms with Crippen LogP contribution in [0.3, 0.4) is 0 Å². The van der Waals surface area contributed by atoms with Crippen LogP contribution in [0.15, 0.2) is 0 Å². The number of rotatable bonds is 2. The van der Waals surface area contributed by atoms with Crippen LogP contribution in [0.2, 0.25) is 0 Å². The molecule has 0 N–H and O–H groups in total. The van der Waals surface area contributed by atoms with Gasteiger partial charge in [-0.1, -0.05) is 27.7 Å². The summed E-state index contributed by atoms with van der Waals surface area (Å²) in [5.74, 6) is 0.804. The van der Waals surface area contributed by atoms with Crippen LogP contribution in [-0.2, 0) is 14.3 Å². The van der Waals surface area contributed by atoms with Crippen molar-refractivity contribution in [2.24, 2.45) is 11.8 Å². The van der Waals surface area contributed by atoms with Crippen molar-refractivity contribution >= 4 is 11.8 Å². The Hall–Kier alpha value is -1.14. The summed E-state index contributed by atoms with van der Waals surface area (Å²) in [6, 6.07) is 0. The SMILES string of the molecule is CC(C)C(=O)N1CCN(C)CC1.CC(C)C(=O)N1CCOCC1. The van der Waals surface area contributed by atoms with Gasteiger partial charge in [0.2, 0.25) is 11.8 Å². The average molecular weight is 327 g/mol. The first kappa shape index (κ1) is 19.9. The van der Waals surface area contributed by atoms with E-state index in [1.54, 1.807) is 0 Å². The van der Waals surface area contributed by atoms with Crippen LogP contribution >= 0.6 is 0 Å². The molecular weight excluding hydrogens is 294 g/mol. The van der Waals surface area contributed by atoms with Crippen molar-refractivity contribution in [3.8, 4) is 0 Å². The molecule has 23 heavy (non-hydrogen) atoms. The lowest BCUT2D eigenvalue weighted by molar-refractivity contribution is -0.138. The van der Waals surface area contributed by atoms with Gasteiger partial charge in [0.05, 0.1) is 13.2 Å². The van der Waals surface area contributed by atoms with E-state index >= 15 is 0 Å². The van der Waals surface area contributed by atoms with Crippen LogP contribution in [0.5, 0.6) is 0 Å². The number of piperazine rings is 1. The van der Waals surface area contributed by atoms with Gasteiger partial charge in [-0.2, -0.15) is 0 Å². The molecule has 0 saturated carbocycles. The topological polar surface area (TPSA) is 53.1 Å². The number of carbonyl (C=O) groups excluding carboxylic acids is 2. The molecule has 0 aromatic carbocycles. The molecule has 2 rings (SSSR count). The summed E-state index contributed by atoms with van der Waals surface area (Å²) in [6.45, 7) is 14.5. The third-order valence-electron chi connectivity index (χ3n) is 4.13. The molecule has 0 bridgehead atoms. The zero-order valence-corrected chi connectivity index (χ0v) is 15.4. The molecule has 0 spiro atoms. The van der Waals surface area contributed by atoms with Crippen molar-refractivity contribution < 1.29 is 14.3 Å². The van der Waals surface area contributed by atoms with E-state index in [0.717, 1.165) is 39.3 Å². The molecule has 0 atom stereocenters. The Morgan fingerprint density at radius 1 is 0.739 bits per heavy atom. The number of carbonyl (C=O) groups is 2. The second-order valence-electron chi connectivity index (χ2n) is 6.88. The molecule has 0 aliphatic carbocycles. The van der Waals surface area contributed by atoms with Gasteiger partial charge in [-0.15, -0.1) is 0 Å². The standard InChI is InChI=1S/C9H18N2O.C8H15NO2/c1-8(2)9(12)11-6-4-10(3)5-7-11;1-7(2)8(10)9-3-5-11-6-4-9/h8H,4-7H2,1-3H3;7H,3-6H2,1-2H3. The molecule has 0 radical (unpaired) electrons. The Bertz CT molecular complexity index is 371. The maximum Gasteiger partial charge on any atom is 0.225 e. The van der Waals surface area contributed by atoms with Gasteiger partial charge in [-0.25, -0.2) is 0 Å². The van der Waals surface area contributed by atoms with Crippen molar-refractivity contribution in [3.05, 3.63) is 0 Å². The maximum absolute atomic E-state index is 11.5. The quantitative estimate of drug-likeness (QED) is 0.757. The number of likely N-dealkylation sites (N-methyl/N-ethyl adjacent to an activating group) is 1. The largest absolute Gasteiger partial charge is 0.378 e. The number of hydrogen-bond donors (Lipinski definition) is 0. The van der Waals surface area contributed by atoms with Crippen LogP contribution in [0.25, 0.3) is 0 Å². The Morgan fingerprint density at radius 2 is 1.13 bits per heavy atom. The van der Waals surface area contributed by atoms with E-state index in [1.165, 1.54) is 0 Å². The molecule has 6 nitrogen and oxygen atoms in total. The molecule has 2 heterocycles. The van der Waals surface area contributed by atoms with Gasteiger partial charge >= 0.3 is 0 Å². The average Bonchev–Trinajstić information content (AvgIpc) is 2.55. The number of nitrogens with zero attached hydrogens (tertiary/aromatic N) is 3. The Balaban J connectivity index is 0.000000231. The van der Waals surface area contributed by atoms with Crippen molar-refractivity contribution in [1.29, 1.82) is 0 Å². The lowest BCUT2D eigenvalue weighted by atomic mass is 10.2. The van der Waals surface area contributed by atoms with Gasteiger partial charge in [0.1, 0.15) is 0 Å². The molecule has 2 saturated heterocycles. The third-order valence-corrected chi connectivity index (χ3v) is 4.13. The first-order valence-corrected chi connectivity index (χ1v) is 8.66. The Kier molecular flexibility index (Phi) is 8.55. The molecule has 0 unspecified atom stereocenters. The summed E-state index contributed by atoms with van der Waals surface area (Å²) in [5, 5.41) is 0. The summed E-state index contributed by atoms with van der Waals surface area (Å²) in [7, 11) is 2.09. The Labute approximate surface area is 140 Å². The van der Waals surface area contributed by atoms with Crippen LogP contribution in [-0.4, -0.2) is 86.0 Å². The maximum atomic E-state index is 11.5. The number of ether oxygens (including phenoxy) is 1.